The Morgan fingerprint density at radius 1 is 0.404 bits per heavy atom. The van der Waals surface area contributed by atoms with E-state index in [2.05, 4.69) is 12.1 Å². The number of Topliss-reactive ketones (excluding diaryl/α,β-unsaturated/α-hetero) is 2. The molecule has 7 aromatic rings. The molecule has 52 heavy (non-hydrogen) atoms. The van der Waals surface area contributed by atoms with Gasteiger partial charge in [0.15, 0.2) is 11.6 Å². The smallest absolute Gasteiger partial charge is 0.265 e. The number of ketones is 2. The molecule has 5 nitrogen and oxygen atoms in total. The van der Waals surface area contributed by atoms with Crippen LogP contribution in [0.3, 0.4) is 0 Å². The van der Waals surface area contributed by atoms with E-state index in [1.165, 1.54) is 17.7 Å². The molecule has 0 radical (unpaired) electrons. The molecule has 1 aliphatic heterocycles. The lowest BCUT2D eigenvalue weighted by molar-refractivity contribution is 0.0849. The van der Waals surface area contributed by atoms with Crippen molar-refractivity contribution < 1.29 is 19.2 Å². The summed E-state index contributed by atoms with van der Waals surface area (Å²) in [5, 5.41) is 6.76. The zero-order chi connectivity index (χ0) is 34.8. The van der Waals surface area contributed by atoms with Crippen LogP contribution in [0.15, 0.2) is 97.1 Å². The average Bonchev–Trinajstić information content (AvgIpc) is 3.92. The second-order valence-electron chi connectivity index (χ2n) is 15.4. The molecule has 0 spiro atoms. The Morgan fingerprint density at radius 3 is 1.33 bits per heavy atom. The predicted octanol–water partition coefficient (Wildman–Crippen LogP) is 11.0. The van der Waals surface area contributed by atoms with Gasteiger partial charge in [-0.25, -0.2) is 4.90 Å². The first kappa shape index (κ1) is 30.0. The number of benzene rings is 7. The van der Waals surface area contributed by atoms with Crippen molar-refractivity contribution in [1.29, 1.82) is 0 Å². The molecule has 0 bridgehead atoms. The van der Waals surface area contributed by atoms with E-state index in [4.69, 9.17) is 0 Å². The fraction of sp³-hybridized carbons (Fsp3) is 0.234. The highest BCUT2D eigenvalue weighted by molar-refractivity contribution is 6.44. The van der Waals surface area contributed by atoms with Gasteiger partial charge in [-0.05, 0) is 105 Å². The van der Waals surface area contributed by atoms with Crippen LogP contribution < -0.4 is 4.90 Å². The van der Waals surface area contributed by atoms with Crippen molar-refractivity contribution in [3.05, 3.63) is 136 Å². The number of nitrogens with zero attached hydrogens (tertiary/aromatic N) is 1. The molecule has 1 heterocycles. The molecule has 2 fully saturated rings. The summed E-state index contributed by atoms with van der Waals surface area (Å²) in [4.78, 5) is 59.3. The zero-order valence-corrected chi connectivity index (χ0v) is 28.7. The Labute approximate surface area is 300 Å². The van der Waals surface area contributed by atoms with Crippen molar-refractivity contribution in [3.8, 4) is 0 Å². The molecule has 0 atom stereocenters. The third kappa shape index (κ3) is 3.88. The minimum atomic E-state index is -0.857. The van der Waals surface area contributed by atoms with Crippen LogP contribution in [0.2, 0.25) is 0 Å². The first-order valence-electron chi connectivity index (χ1n) is 18.9. The minimum absolute atomic E-state index is 0.142. The van der Waals surface area contributed by atoms with E-state index in [1.54, 1.807) is 0 Å². The SMILES string of the molecule is O=C1c2ccc3c4ccc5c6c(ccc(c7ccc(c2c37)C(=O)C1c1ccccc1C1CCCC1)c64)C(=O)N(c1ccccc1C1CCCC1)C5=O. The molecule has 7 aromatic carbocycles. The summed E-state index contributed by atoms with van der Waals surface area (Å²) in [6.45, 7) is 0. The predicted molar refractivity (Wildman–Crippen MR) is 205 cm³/mol. The summed E-state index contributed by atoms with van der Waals surface area (Å²) in [5.41, 5.74) is 5.93. The van der Waals surface area contributed by atoms with E-state index >= 15 is 0 Å². The summed E-state index contributed by atoms with van der Waals surface area (Å²) in [7, 11) is 0. The number of imide groups is 1. The number of hydrogen-bond acceptors (Lipinski definition) is 4. The van der Waals surface area contributed by atoms with Crippen LogP contribution in [0.25, 0.3) is 43.1 Å². The lowest BCUT2D eigenvalue weighted by atomic mass is 9.72. The Morgan fingerprint density at radius 2 is 0.808 bits per heavy atom. The van der Waals surface area contributed by atoms with Crippen LogP contribution in [-0.2, 0) is 0 Å². The third-order valence-electron chi connectivity index (χ3n) is 12.9. The monoisotopic (exact) mass is 677 g/mol. The molecule has 0 aromatic heterocycles. The van der Waals surface area contributed by atoms with Crippen molar-refractivity contribution in [2.75, 3.05) is 4.90 Å². The lowest BCUT2D eigenvalue weighted by Crippen LogP contribution is -2.41. The number of rotatable bonds is 4. The molecule has 0 N–H and O–H groups in total. The standard InChI is InChI=1S/C47H35NO4/c49-44-34-21-17-30-32-19-23-36-42-37(47(52)48(46(36)51)38-16-8-7-14-28(38)26-11-3-4-12-26)24-20-33(40(32)42)31-18-22-35(41(34)39(30)31)45(50)43(44)29-15-6-5-13-27(29)25-9-1-2-10-25/h5-8,13-26,43H,1-4,9-12H2. The van der Waals surface area contributed by atoms with E-state index in [0.29, 0.717) is 50.5 Å². The molecule has 11 rings (SSSR count). The number of fused-ring (bicyclic) bond motifs is 2. The molecule has 5 heteroatoms. The highest BCUT2D eigenvalue weighted by Crippen LogP contribution is 2.49. The van der Waals surface area contributed by atoms with Crippen LogP contribution in [0.1, 0.15) is 127 Å². The Hall–Kier alpha value is -5.68. The third-order valence-corrected chi connectivity index (χ3v) is 12.9. The molecule has 0 unspecified atom stereocenters. The number of hydrogen-bond donors (Lipinski definition) is 0. The van der Waals surface area contributed by atoms with Gasteiger partial charge in [0.05, 0.1) is 5.69 Å². The van der Waals surface area contributed by atoms with Crippen LogP contribution in [0.4, 0.5) is 5.69 Å². The van der Waals surface area contributed by atoms with Crippen LogP contribution in [-0.4, -0.2) is 23.4 Å². The topological polar surface area (TPSA) is 71.5 Å². The molecule has 4 aliphatic rings. The maximum atomic E-state index is 14.5. The molecule has 3 aliphatic carbocycles. The highest BCUT2D eigenvalue weighted by Gasteiger charge is 2.41. The molecular weight excluding hydrogens is 643 g/mol. The van der Waals surface area contributed by atoms with E-state index in [1.807, 2.05) is 84.9 Å². The summed E-state index contributed by atoms with van der Waals surface area (Å²) >= 11 is 0. The van der Waals surface area contributed by atoms with Crippen molar-refractivity contribution in [2.45, 2.75) is 69.1 Å². The summed E-state index contributed by atoms with van der Waals surface area (Å²) in [6, 6.07) is 31.4. The number of carbonyl (C=O) groups is 4. The molecule has 0 saturated heterocycles. The van der Waals surface area contributed by atoms with Crippen LogP contribution in [0, 0.1) is 0 Å². The van der Waals surface area contributed by atoms with E-state index in [9.17, 15) is 19.2 Å². The quantitative estimate of drug-likeness (QED) is 0.0804. The van der Waals surface area contributed by atoms with E-state index in [0.717, 1.165) is 87.5 Å². The lowest BCUT2D eigenvalue weighted by Gasteiger charge is -2.31. The van der Waals surface area contributed by atoms with Gasteiger partial charge >= 0.3 is 0 Å². The largest absolute Gasteiger partial charge is 0.293 e. The fourth-order valence-electron chi connectivity index (χ4n) is 10.6. The van der Waals surface area contributed by atoms with Crippen molar-refractivity contribution >= 4 is 72.2 Å². The van der Waals surface area contributed by atoms with Crippen molar-refractivity contribution in [1.82, 2.24) is 0 Å². The number of carbonyl (C=O) groups excluding carboxylic acids is 4. The Bertz CT molecular complexity index is 2440. The molecule has 2 amide bonds. The molecular formula is C47H35NO4. The average molecular weight is 678 g/mol. The second-order valence-corrected chi connectivity index (χ2v) is 15.4. The zero-order valence-electron chi connectivity index (χ0n) is 28.7. The van der Waals surface area contributed by atoms with E-state index < -0.39 is 5.92 Å². The Kier molecular flexibility index (Phi) is 6.29. The van der Waals surface area contributed by atoms with Gasteiger partial charge in [0.25, 0.3) is 11.8 Å². The summed E-state index contributed by atoms with van der Waals surface area (Å²) < 4.78 is 0. The van der Waals surface area contributed by atoms with Crippen molar-refractivity contribution in [3.63, 3.8) is 0 Å². The number of amides is 2. The first-order chi connectivity index (χ1) is 25.5. The van der Waals surface area contributed by atoms with Gasteiger partial charge in [-0.3, -0.25) is 19.2 Å². The van der Waals surface area contributed by atoms with Crippen molar-refractivity contribution in [2.24, 2.45) is 0 Å². The second kappa shape index (κ2) is 10.9. The fourth-order valence-corrected chi connectivity index (χ4v) is 10.6. The van der Waals surface area contributed by atoms with Gasteiger partial charge in [-0.2, -0.15) is 0 Å². The maximum absolute atomic E-state index is 14.5. The maximum Gasteiger partial charge on any atom is 0.265 e. The first-order valence-corrected chi connectivity index (χ1v) is 18.9. The summed E-state index contributed by atoms with van der Waals surface area (Å²) in [6.07, 6.45) is 8.95. The normalized spacial score (nSPS) is 18.4. The van der Waals surface area contributed by atoms with E-state index in [-0.39, 0.29) is 23.4 Å². The molecule has 2 saturated carbocycles. The Balaban J connectivity index is 1.10. The summed E-state index contributed by atoms with van der Waals surface area (Å²) in [5.74, 6) is -1.03. The van der Waals surface area contributed by atoms with Gasteiger partial charge in [-0.15, -0.1) is 0 Å². The van der Waals surface area contributed by atoms with Gasteiger partial charge in [-0.1, -0.05) is 105 Å². The van der Waals surface area contributed by atoms with Crippen LogP contribution in [0.5, 0.6) is 0 Å². The molecule has 252 valence electrons. The van der Waals surface area contributed by atoms with Crippen LogP contribution >= 0.6 is 0 Å². The van der Waals surface area contributed by atoms with Gasteiger partial charge in [0.1, 0.15) is 5.92 Å². The minimum Gasteiger partial charge on any atom is -0.293 e. The highest BCUT2D eigenvalue weighted by atomic mass is 16.2. The number of anilines is 1. The van der Waals surface area contributed by atoms with Gasteiger partial charge in [0.2, 0.25) is 0 Å². The number of para-hydroxylation sites is 1. The van der Waals surface area contributed by atoms with Gasteiger partial charge < -0.3 is 0 Å². The van der Waals surface area contributed by atoms with Gasteiger partial charge in [0, 0.05) is 33.0 Å².